The molecule has 0 unspecified atom stereocenters. The molecule has 2 N–H and O–H groups in total. The van der Waals surface area contributed by atoms with Crippen LogP contribution in [0.3, 0.4) is 0 Å². The SMILES string of the molecule is CCNc1ccncc1C(=O)NCC(CC)CC. The van der Waals surface area contributed by atoms with Crippen molar-refractivity contribution < 1.29 is 4.79 Å². The molecule has 1 amide bonds. The van der Waals surface area contributed by atoms with Crippen molar-refractivity contribution in [1.82, 2.24) is 10.3 Å². The molecule has 0 aliphatic heterocycles. The number of hydrogen-bond donors (Lipinski definition) is 2. The van der Waals surface area contributed by atoms with Gasteiger partial charge in [-0.1, -0.05) is 26.7 Å². The maximum atomic E-state index is 12.1. The van der Waals surface area contributed by atoms with Gasteiger partial charge in [0.05, 0.1) is 11.3 Å². The summed E-state index contributed by atoms with van der Waals surface area (Å²) in [5.74, 6) is 0.499. The number of nitrogens with one attached hydrogen (secondary N) is 2. The Morgan fingerprint density at radius 1 is 1.33 bits per heavy atom. The van der Waals surface area contributed by atoms with Gasteiger partial charge in [-0.2, -0.15) is 0 Å². The lowest BCUT2D eigenvalue weighted by Crippen LogP contribution is -2.29. The van der Waals surface area contributed by atoms with Crippen molar-refractivity contribution in [2.24, 2.45) is 5.92 Å². The minimum atomic E-state index is -0.0500. The van der Waals surface area contributed by atoms with Crippen LogP contribution in [0.5, 0.6) is 0 Å². The van der Waals surface area contributed by atoms with E-state index in [2.05, 4.69) is 29.5 Å². The molecule has 0 saturated heterocycles. The molecule has 0 saturated carbocycles. The van der Waals surface area contributed by atoms with E-state index in [9.17, 15) is 4.79 Å². The molecule has 0 radical (unpaired) electrons. The molecule has 4 heteroatoms. The van der Waals surface area contributed by atoms with Crippen molar-refractivity contribution in [1.29, 1.82) is 0 Å². The summed E-state index contributed by atoms with van der Waals surface area (Å²) in [6.45, 7) is 7.82. The van der Waals surface area contributed by atoms with Crippen molar-refractivity contribution in [3.63, 3.8) is 0 Å². The van der Waals surface area contributed by atoms with E-state index >= 15 is 0 Å². The van der Waals surface area contributed by atoms with E-state index in [0.717, 1.165) is 31.6 Å². The second-order valence-corrected chi connectivity index (χ2v) is 4.34. The summed E-state index contributed by atoms with van der Waals surface area (Å²) in [6.07, 6.45) is 5.48. The van der Waals surface area contributed by atoms with Gasteiger partial charge in [0.2, 0.25) is 0 Å². The van der Waals surface area contributed by atoms with E-state index in [-0.39, 0.29) is 5.91 Å². The van der Waals surface area contributed by atoms with Crippen LogP contribution in [0.15, 0.2) is 18.5 Å². The van der Waals surface area contributed by atoms with Crippen molar-refractivity contribution >= 4 is 11.6 Å². The molecule has 1 aromatic rings. The molecule has 0 aliphatic rings. The summed E-state index contributed by atoms with van der Waals surface area (Å²) in [6, 6.07) is 1.83. The third-order valence-corrected chi connectivity index (χ3v) is 3.14. The first-order valence-electron chi connectivity index (χ1n) is 6.68. The van der Waals surface area contributed by atoms with Gasteiger partial charge in [0.15, 0.2) is 0 Å². The number of carbonyl (C=O) groups excluding carboxylic acids is 1. The van der Waals surface area contributed by atoms with Crippen LogP contribution in [0, 0.1) is 5.92 Å². The van der Waals surface area contributed by atoms with E-state index in [0.29, 0.717) is 11.5 Å². The fourth-order valence-electron chi connectivity index (χ4n) is 1.83. The van der Waals surface area contributed by atoms with Crippen LogP contribution < -0.4 is 10.6 Å². The number of rotatable bonds is 7. The summed E-state index contributed by atoms with van der Waals surface area (Å²) < 4.78 is 0. The minimum Gasteiger partial charge on any atom is -0.385 e. The van der Waals surface area contributed by atoms with E-state index in [1.165, 1.54) is 0 Å². The highest BCUT2D eigenvalue weighted by Crippen LogP contribution is 2.13. The van der Waals surface area contributed by atoms with Gasteiger partial charge in [0, 0.05) is 25.5 Å². The highest BCUT2D eigenvalue weighted by Gasteiger charge is 2.12. The molecule has 0 atom stereocenters. The molecule has 100 valence electrons. The van der Waals surface area contributed by atoms with Crippen molar-refractivity contribution in [3.05, 3.63) is 24.0 Å². The molecule has 0 bridgehead atoms. The normalized spacial score (nSPS) is 10.4. The molecule has 4 nitrogen and oxygen atoms in total. The molecule has 0 spiro atoms. The van der Waals surface area contributed by atoms with Gasteiger partial charge in [-0.3, -0.25) is 9.78 Å². The highest BCUT2D eigenvalue weighted by atomic mass is 16.1. The van der Waals surface area contributed by atoms with E-state index in [1.54, 1.807) is 12.4 Å². The van der Waals surface area contributed by atoms with Crippen LogP contribution in [-0.2, 0) is 0 Å². The minimum absolute atomic E-state index is 0.0500. The Hall–Kier alpha value is -1.58. The molecule has 1 rings (SSSR count). The summed E-state index contributed by atoms with van der Waals surface area (Å²) in [4.78, 5) is 16.1. The Morgan fingerprint density at radius 3 is 2.67 bits per heavy atom. The third-order valence-electron chi connectivity index (χ3n) is 3.14. The van der Waals surface area contributed by atoms with Gasteiger partial charge < -0.3 is 10.6 Å². The Bertz CT molecular complexity index is 375. The number of nitrogens with zero attached hydrogens (tertiary/aromatic N) is 1. The molecule has 0 fully saturated rings. The predicted molar refractivity (Wildman–Crippen MR) is 74.8 cm³/mol. The summed E-state index contributed by atoms with van der Waals surface area (Å²) in [7, 11) is 0. The zero-order valence-electron chi connectivity index (χ0n) is 11.5. The van der Waals surface area contributed by atoms with Gasteiger partial charge in [-0.05, 0) is 18.9 Å². The number of anilines is 1. The van der Waals surface area contributed by atoms with Crippen LogP contribution in [0.4, 0.5) is 5.69 Å². The van der Waals surface area contributed by atoms with Gasteiger partial charge >= 0.3 is 0 Å². The first-order chi connectivity index (χ1) is 8.72. The monoisotopic (exact) mass is 249 g/mol. The Kier molecular flexibility index (Phi) is 6.19. The number of aromatic nitrogens is 1. The largest absolute Gasteiger partial charge is 0.385 e. The Labute approximate surface area is 109 Å². The smallest absolute Gasteiger partial charge is 0.254 e. The topological polar surface area (TPSA) is 54.0 Å². The quantitative estimate of drug-likeness (QED) is 0.781. The maximum Gasteiger partial charge on any atom is 0.254 e. The number of carbonyl (C=O) groups is 1. The number of pyridine rings is 1. The zero-order valence-corrected chi connectivity index (χ0v) is 11.5. The van der Waals surface area contributed by atoms with Crippen LogP contribution in [0.25, 0.3) is 0 Å². The van der Waals surface area contributed by atoms with Crippen LogP contribution in [0.2, 0.25) is 0 Å². The van der Waals surface area contributed by atoms with E-state index < -0.39 is 0 Å². The van der Waals surface area contributed by atoms with E-state index in [4.69, 9.17) is 0 Å². The lowest BCUT2D eigenvalue weighted by Gasteiger charge is -2.14. The highest BCUT2D eigenvalue weighted by molar-refractivity contribution is 5.99. The second kappa shape index (κ2) is 7.69. The van der Waals surface area contributed by atoms with Crippen molar-refractivity contribution in [3.8, 4) is 0 Å². The van der Waals surface area contributed by atoms with Crippen LogP contribution in [0.1, 0.15) is 44.0 Å². The van der Waals surface area contributed by atoms with Crippen LogP contribution >= 0.6 is 0 Å². The second-order valence-electron chi connectivity index (χ2n) is 4.34. The first-order valence-corrected chi connectivity index (χ1v) is 6.68. The molecule has 0 aliphatic carbocycles. The summed E-state index contributed by atoms with van der Waals surface area (Å²) >= 11 is 0. The van der Waals surface area contributed by atoms with Gasteiger partial charge in [0.25, 0.3) is 5.91 Å². The molecular weight excluding hydrogens is 226 g/mol. The third kappa shape index (κ3) is 4.02. The number of hydrogen-bond acceptors (Lipinski definition) is 3. The lowest BCUT2D eigenvalue weighted by molar-refractivity contribution is 0.0947. The first kappa shape index (κ1) is 14.5. The van der Waals surface area contributed by atoms with Gasteiger partial charge in [-0.15, -0.1) is 0 Å². The van der Waals surface area contributed by atoms with Gasteiger partial charge in [0.1, 0.15) is 0 Å². The zero-order chi connectivity index (χ0) is 13.4. The standard InChI is InChI=1S/C14H23N3O/c1-4-11(5-2)9-17-14(18)12-10-15-8-7-13(12)16-6-3/h7-8,10-11H,4-6,9H2,1-3H3,(H,15,16)(H,17,18). The summed E-state index contributed by atoms with van der Waals surface area (Å²) in [5, 5.41) is 6.15. The lowest BCUT2D eigenvalue weighted by atomic mass is 10.0. The summed E-state index contributed by atoms with van der Waals surface area (Å²) in [5.41, 5.74) is 1.46. The van der Waals surface area contributed by atoms with Crippen molar-refractivity contribution in [2.45, 2.75) is 33.6 Å². The molecule has 1 heterocycles. The number of amides is 1. The average Bonchev–Trinajstić information content (AvgIpc) is 2.40. The fraction of sp³-hybridized carbons (Fsp3) is 0.571. The Morgan fingerprint density at radius 2 is 2.06 bits per heavy atom. The van der Waals surface area contributed by atoms with Crippen LogP contribution in [-0.4, -0.2) is 24.0 Å². The maximum absolute atomic E-state index is 12.1. The average molecular weight is 249 g/mol. The fourth-order valence-corrected chi connectivity index (χ4v) is 1.83. The molecule has 0 aromatic carbocycles. The predicted octanol–water partition coefficient (Wildman–Crippen LogP) is 2.68. The Balaban J connectivity index is 2.66. The van der Waals surface area contributed by atoms with Gasteiger partial charge in [-0.25, -0.2) is 0 Å². The molecular formula is C14H23N3O. The van der Waals surface area contributed by atoms with Crippen molar-refractivity contribution in [2.75, 3.05) is 18.4 Å². The molecule has 1 aromatic heterocycles. The molecule has 18 heavy (non-hydrogen) atoms. The van der Waals surface area contributed by atoms with E-state index in [1.807, 2.05) is 13.0 Å².